The molecule has 0 radical (unpaired) electrons. The fraction of sp³-hybridized carbons (Fsp3) is 0.643. The minimum absolute atomic E-state index is 0.0264. The number of alkyl halides is 2. The molecular weight excluding hydrogens is 304 g/mol. The van der Waals surface area contributed by atoms with E-state index in [0.717, 1.165) is 31.4 Å². The van der Waals surface area contributed by atoms with Gasteiger partial charge >= 0.3 is 6.61 Å². The van der Waals surface area contributed by atoms with E-state index in [4.69, 9.17) is 21.1 Å². The highest BCUT2D eigenvalue weighted by atomic mass is 35.5. The quantitative estimate of drug-likeness (QED) is 0.796. The number of hydrogen-bond donors (Lipinski definition) is 0. The van der Waals surface area contributed by atoms with E-state index in [2.05, 4.69) is 9.72 Å². The van der Waals surface area contributed by atoms with E-state index in [1.165, 1.54) is 6.07 Å². The molecular formula is C14H16ClF2NO3. The second-order valence-corrected chi connectivity index (χ2v) is 5.64. The van der Waals surface area contributed by atoms with Crippen LogP contribution < -0.4 is 4.74 Å². The molecule has 21 heavy (non-hydrogen) atoms. The Hall–Kier alpha value is -0.980. The van der Waals surface area contributed by atoms with Crippen molar-refractivity contribution >= 4 is 11.6 Å². The third-order valence-corrected chi connectivity index (χ3v) is 4.30. The fourth-order valence-electron chi connectivity index (χ4n) is 2.99. The molecule has 1 aromatic heterocycles. The molecule has 0 amide bonds. The average molecular weight is 320 g/mol. The number of halogens is 3. The molecule has 0 atom stereocenters. The lowest BCUT2D eigenvalue weighted by Gasteiger charge is -2.35. The lowest BCUT2D eigenvalue weighted by Crippen LogP contribution is -2.34. The summed E-state index contributed by atoms with van der Waals surface area (Å²) in [6.07, 6.45) is 3.37. The monoisotopic (exact) mass is 319 g/mol. The molecule has 7 heteroatoms. The van der Waals surface area contributed by atoms with Crippen molar-refractivity contribution in [2.75, 3.05) is 13.2 Å². The van der Waals surface area contributed by atoms with Gasteiger partial charge in [-0.3, -0.25) is 0 Å². The van der Waals surface area contributed by atoms with Crippen molar-refractivity contribution in [1.29, 1.82) is 0 Å². The molecule has 2 aliphatic rings. The van der Waals surface area contributed by atoms with Crippen molar-refractivity contribution in [3.05, 3.63) is 23.0 Å². The number of hydrogen-bond acceptors (Lipinski definition) is 4. The molecule has 116 valence electrons. The Kier molecular flexibility index (Phi) is 4.28. The zero-order valence-electron chi connectivity index (χ0n) is 11.4. The van der Waals surface area contributed by atoms with E-state index in [-0.39, 0.29) is 16.8 Å². The van der Waals surface area contributed by atoms with Crippen LogP contribution in [0.4, 0.5) is 8.78 Å². The van der Waals surface area contributed by atoms with Crippen LogP contribution >= 0.6 is 11.6 Å². The maximum Gasteiger partial charge on any atom is 0.387 e. The lowest BCUT2D eigenvalue weighted by atomic mass is 9.83. The van der Waals surface area contributed by atoms with Crippen molar-refractivity contribution in [3.8, 4) is 5.75 Å². The first-order valence-corrected chi connectivity index (χ1v) is 7.35. The standard InChI is InChI=1S/C14H16ClF2NO3/c15-12-11(21-13(16)17)2-1-10(18-12)9-3-5-14(6-4-9)19-7-8-20-14/h1-2,9,13H,3-8H2. The number of ether oxygens (including phenoxy) is 3. The average Bonchev–Trinajstić information content (AvgIpc) is 2.90. The summed E-state index contributed by atoms with van der Waals surface area (Å²) >= 11 is 5.89. The molecule has 3 rings (SSSR count). The number of aromatic nitrogens is 1. The molecule has 1 aliphatic heterocycles. The van der Waals surface area contributed by atoms with Crippen LogP contribution in [0.25, 0.3) is 0 Å². The Morgan fingerprint density at radius 2 is 1.90 bits per heavy atom. The van der Waals surface area contributed by atoms with E-state index < -0.39 is 12.4 Å². The summed E-state index contributed by atoms with van der Waals surface area (Å²) in [5.41, 5.74) is 0.800. The van der Waals surface area contributed by atoms with Crippen LogP contribution in [0.15, 0.2) is 12.1 Å². The van der Waals surface area contributed by atoms with E-state index >= 15 is 0 Å². The predicted molar refractivity (Wildman–Crippen MR) is 71.7 cm³/mol. The van der Waals surface area contributed by atoms with Gasteiger partial charge in [0, 0.05) is 24.5 Å². The highest BCUT2D eigenvalue weighted by molar-refractivity contribution is 6.30. The van der Waals surface area contributed by atoms with Crippen LogP contribution in [0.3, 0.4) is 0 Å². The minimum Gasteiger partial charge on any atom is -0.432 e. The van der Waals surface area contributed by atoms with Crippen molar-refractivity contribution < 1.29 is 23.0 Å². The number of rotatable bonds is 3. The van der Waals surface area contributed by atoms with Gasteiger partial charge in [0.25, 0.3) is 0 Å². The summed E-state index contributed by atoms with van der Waals surface area (Å²) in [5, 5.41) is -0.0264. The van der Waals surface area contributed by atoms with Crippen molar-refractivity contribution in [2.45, 2.75) is 44.0 Å². The smallest absolute Gasteiger partial charge is 0.387 e. The second-order valence-electron chi connectivity index (χ2n) is 5.29. The molecule has 2 fully saturated rings. The first kappa shape index (κ1) is 14.9. The van der Waals surface area contributed by atoms with Crippen molar-refractivity contribution in [3.63, 3.8) is 0 Å². The second kappa shape index (κ2) is 6.02. The van der Waals surface area contributed by atoms with Gasteiger partial charge in [0.15, 0.2) is 16.7 Å². The Labute approximate surface area is 126 Å². The van der Waals surface area contributed by atoms with Gasteiger partial charge in [-0.25, -0.2) is 4.98 Å². The van der Waals surface area contributed by atoms with Gasteiger partial charge in [0.2, 0.25) is 0 Å². The first-order valence-electron chi connectivity index (χ1n) is 6.97. The zero-order chi connectivity index (χ0) is 14.9. The molecule has 1 spiro atoms. The zero-order valence-corrected chi connectivity index (χ0v) is 12.1. The third kappa shape index (κ3) is 3.27. The molecule has 0 N–H and O–H groups in total. The Morgan fingerprint density at radius 3 is 2.48 bits per heavy atom. The van der Waals surface area contributed by atoms with Crippen LogP contribution in [-0.2, 0) is 9.47 Å². The summed E-state index contributed by atoms with van der Waals surface area (Å²) < 4.78 is 40.0. The summed E-state index contributed by atoms with van der Waals surface area (Å²) in [6.45, 7) is -1.61. The predicted octanol–water partition coefficient (Wildman–Crippen LogP) is 3.74. The topological polar surface area (TPSA) is 40.6 Å². The van der Waals surface area contributed by atoms with Gasteiger partial charge in [-0.15, -0.1) is 0 Å². The first-order chi connectivity index (χ1) is 10.1. The van der Waals surface area contributed by atoms with Gasteiger partial charge in [-0.05, 0) is 25.0 Å². The molecule has 0 aromatic carbocycles. The van der Waals surface area contributed by atoms with E-state index in [1.807, 2.05) is 0 Å². The van der Waals surface area contributed by atoms with E-state index in [1.54, 1.807) is 6.07 Å². The Bertz CT molecular complexity index is 499. The molecule has 0 unspecified atom stereocenters. The van der Waals surface area contributed by atoms with Gasteiger partial charge in [0.1, 0.15) is 0 Å². The van der Waals surface area contributed by atoms with Crippen molar-refractivity contribution in [2.24, 2.45) is 0 Å². The van der Waals surface area contributed by atoms with Gasteiger partial charge in [-0.2, -0.15) is 8.78 Å². The summed E-state index contributed by atoms with van der Waals surface area (Å²) in [6, 6.07) is 3.15. The fourth-order valence-corrected chi connectivity index (χ4v) is 3.19. The minimum atomic E-state index is -2.90. The van der Waals surface area contributed by atoms with Crippen LogP contribution in [0, 0.1) is 0 Å². The molecule has 1 aromatic rings. The third-order valence-electron chi connectivity index (χ3n) is 4.03. The molecule has 1 aliphatic carbocycles. The Morgan fingerprint density at radius 1 is 1.24 bits per heavy atom. The summed E-state index contributed by atoms with van der Waals surface area (Å²) in [4.78, 5) is 4.19. The molecule has 1 saturated carbocycles. The maximum absolute atomic E-state index is 12.2. The van der Waals surface area contributed by atoms with Crippen LogP contribution in [0.2, 0.25) is 5.15 Å². The maximum atomic E-state index is 12.2. The van der Waals surface area contributed by atoms with E-state index in [0.29, 0.717) is 13.2 Å². The number of pyridine rings is 1. The largest absolute Gasteiger partial charge is 0.432 e. The molecule has 0 bridgehead atoms. The van der Waals surface area contributed by atoms with Crippen LogP contribution in [0.1, 0.15) is 37.3 Å². The van der Waals surface area contributed by atoms with Crippen molar-refractivity contribution in [1.82, 2.24) is 4.98 Å². The van der Waals surface area contributed by atoms with Gasteiger partial charge in [-0.1, -0.05) is 11.6 Å². The molecule has 4 nitrogen and oxygen atoms in total. The van der Waals surface area contributed by atoms with Crippen LogP contribution in [-0.4, -0.2) is 30.6 Å². The Balaban J connectivity index is 1.66. The highest BCUT2D eigenvalue weighted by Gasteiger charge is 2.40. The normalized spacial score (nSPS) is 22.1. The number of nitrogens with zero attached hydrogens (tertiary/aromatic N) is 1. The van der Waals surface area contributed by atoms with E-state index in [9.17, 15) is 8.78 Å². The SMILES string of the molecule is FC(F)Oc1ccc(C2CCC3(CC2)OCCO3)nc1Cl. The highest BCUT2D eigenvalue weighted by Crippen LogP contribution is 2.42. The van der Waals surface area contributed by atoms with Gasteiger partial charge < -0.3 is 14.2 Å². The van der Waals surface area contributed by atoms with Gasteiger partial charge in [0.05, 0.1) is 13.2 Å². The summed E-state index contributed by atoms with van der Waals surface area (Å²) in [7, 11) is 0. The lowest BCUT2D eigenvalue weighted by molar-refractivity contribution is -0.178. The van der Waals surface area contributed by atoms with Crippen LogP contribution in [0.5, 0.6) is 5.75 Å². The molecule has 2 heterocycles. The molecule has 1 saturated heterocycles. The summed E-state index contributed by atoms with van der Waals surface area (Å²) in [5.74, 6) is -0.273.